The molecule has 0 unspecified atom stereocenters. The minimum atomic E-state index is -5.86. The van der Waals surface area contributed by atoms with Gasteiger partial charge in [0.15, 0.2) is 11.0 Å². The van der Waals surface area contributed by atoms with Gasteiger partial charge >= 0.3 is 18.3 Å². The summed E-state index contributed by atoms with van der Waals surface area (Å²) in [6, 6.07) is 16.3. The lowest BCUT2D eigenvalue weighted by Gasteiger charge is -2.20. The lowest BCUT2D eigenvalue weighted by Crippen LogP contribution is -2.41. The number of halogens is 5. The number of aliphatic imine (C=N–C) groups is 1. The van der Waals surface area contributed by atoms with Crippen molar-refractivity contribution in [1.29, 1.82) is 0 Å². The number of carbonyl (C=O) groups excluding carboxylic acids is 2. The van der Waals surface area contributed by atoms with Gasteiger partial charge < -0.3 is 14.6 Å². The number of amides is 3. The van der Waals surface area contributed by atoms with Gasteiger partial charge in [0.1, 0.15) is 12.1 Å². The molecule has 236 valence electrons. The zero-order valence-electron chi connectivity index (χ0n) is 23.9. The lowest BCUT2D eigenvalue weighted by atomic mass is 10.1. The first kappa shape index (κ1) is 30.8. The highest BCUT2D eigenvalue weighted by Gasteiger charge is 2.61. The van der Waals surface area contributed by atoms with Crippen LogP contribution < -0.4 is 15.0 Å². The Morgan fingerprint density at radius 3 is 2.46 bits per heavy atom. The Bertz CT molecular complexity index is 2000. The third kappa shape index (κ3) is 6.02. The smallest absolute Gasteiger partial charge is 0.426 e. The molecular weight excluding hydrogens is 633 g/mol. The van der Waals surface area contributed by atoms with Crippen LogP contribution >= 0.6 is 11.8 Å². The Balaban J connectivity index is 1.14. The van der Waals surface area contributed by atoms with E-state index in [-0.39, 0.29) is 22.7 Å². The van der Waals surface area contributed by atoms with Crippen LogP contribution in [0, 0.1) is 6.92 Å². The predicted molar refractivity (Wildman–Crippen MR) is 162 cm³/mol. The summed E-state index contributed by atoms with van der Waals surface area (Å²) < 4.78 is 70.7. The third-order valence-corrected chi connectivity index (χ3v) is 7.91. The van der Waals surface area contributed by atoms with E-state index in [0.717, 1.165) is 23.0 Å². The van der Waals surface area contributed by atoms with Gasteiger partial charge in [-0.1, -0.05) is 11.8 Å². The molecule has 46 heavy (non-hydrogen) atoms. The monoisotopic (exact) mass is 655 g/mol. The number of thioether (sulfide) groups is 1. The number of nitrogens with one attached hydrogen (secondary N) is 1. The zero-order chi connectivity index (χ0) is 32.8. The summed E-state index contributed by atoms with van der Waals surface area (Å²) in [5.74, 6) is -0.425. The minimum Gasteiger partial charge on any atom is -0.426 e. The molecule has 1 saturated heterocycles. The Hall–Kier alpha value is -5.25. The lowest BCUT2D eigenvalue weighted by molar-refractivity contribution is -0.360. The Morgan fingerprint density at radius 2 is 1.74 bits per heavy atom. The molecule has 0 bridgehead atoms. The largest absolute Gasteiger partial charge is 0.499 e. The van der Waals surface area contributed by atoms with E-state index in [1.54, 1.807) is 31.2 Å². The summed E-state index contributed by atoms with van der Waals surface area (Å²) in [4.78, 5) is 35.4. The molecule has 1 aliphatic heterocycles. The number of aromatic nitrogens is 4. The number of rotatable bonds is 6. The number of hydrogen-bond acceptors (Lipinski definition) is 6. The van der Waals surface area contributed by atoms with Crippen molar-refractivity contribution < 1.29 is 36.3 Å². The molecule has 0 radical (unpaired) electrons. The van der Waals surface area contributed by atoms with E-state index in [9.17, 15) is 31.5 Å². The first-order valence-electron chi connectivity index (χ1n) is 13.5. The molecule has 3 aromatic carbocycles. The van der Waals surface area contributed by atoms with Crippen LogP contribution in [0.3, 0.4) is 0 Å². The standard InChI is InChI=1S/C30H22F5N7O3S/c1-17-13-19(26-36-16-41(39-26)20-4-7-22(8-5-20)45-30(34,35)29(31,32)33)3-9-23(17)37-27(44)38-28-42(25(43)15-46-28)21-6-10-24-18(14-21)11-12-40(24)2/h3-14,16H,15H2,1-2H3,(H,37,44)/b38-28-. The summed E-state index contributed by atoms with van der Waals surface area (Å²) in [6.07, 6.45) is -7.93. The van der Waals surface area contributed by atoms with Crippen LogP contribution in [-0.4, -0.2) is 54.5 Å². The van der Waals surface area contributed by atoms with Crippen LogP contribution in [-0.2, 0) is 11.8 Å². The Labute approximate surface area is 261 Å². The molecule has 0 aliphatic carbocycles. The number of benzene rings is 3. The molecule has 3 heterocycles. The maximum Gasteiger partial charge on any atom is 0.499 e. The van der Waals surface area contributed by atoms with Gasteiger partial charge in [-0.3, -0.25) is 9.69 Å². The first-order valence-corrected chi connectivity index (χ1v) is 14.4. The average Bonchev–Trinajstić information content (AvgIpc) is 3.73. The van der Waals surface area contributed by atoms with Crippen molar-refractivity contribution in [2.24, 2.45) is 12.0 Å². The van der Waals surface area contributed by atoms with Gasteiger partial charge in [-0.2, -0.15) is 26.9 Å². The number of aryl methyl sites for hydroxylation is 2. The van der Waals surface area contributed by atoms with Gasteiger partial charge in [-0.15, -0.1) is 5.10 Å². The summed E-state index contributed by atoms with van der Waals surface area (Å²) in [5, 5.41) is 8.29. The van der Waals surface area contributed by atoms with Crippen LogP contribution in [0.4, 0.5) is 38.1 Å². The molecule has 5 aromatic rings. The summed E-state index contributed by atoms with van der Waals surface area (Å²) in [7, 11) is 1.93. The van der Waals surface area contributed by atoms with Crippen molar-refractivity contribution in [3.05, 3.63) is 84.8 Å². The average molecular weight is 656 g/mol. The van der Waals surface area contributed by atoms with Crippen molar-refractivity contribution in [2.75, 3.05) is 16.0 Å². The van der Waals surface area contributed by atoms with Gasteiger partial charge in [0.25, 0.3) is 0 Å². The molecule has 1 fully saturated rings. The van der Waals surface area contributed by atoms with Crippen LogP contribution in [0.1, 0.15) is 5.56 Å². The maximum atomic E-state index is 13.2. The van der Waals surface area contributed by atoms with E-state index in [0.29, 0.717) is 28.2 Å². The second-order valence-corrected chi connectivity index (χ2v) is 11.1. The highest BCUT2D eigenvalue weighted by Crippen LogP contribution is 2.37. The first-order chi connectivity index (χ1) is 21.8. The Kier molecular flexibility index (Phi) is 7.75. The topological polar surface area (TPSA) is 107 Å². The molecule has 0 saturated carbocycles. The van der Waals surface area contributed by atoms with Crippen LogP contribution in [0.25, 0.3) is 28.0 Å². The van der Waals surface area contributed by atoms with Crippen molar-refractivity contribution >= 4 is 51.1 Å². The van der Waals surface area contributed by atoms with Gasteiger partial charge in [-0.25, -0.2) is 14.5 Å². The molecule has 0 atom stereocenters. The maximum absolute atomic E-state index is 13.2. The molecular formula is C30H22F5N7O3S. The van der Waals surface area contributed by atoms with Crippen molar-refractivity contribution in [3.63, 3.8) is 0 Å². The number of amidine groups is 1. The molecule has 10 nitrogen and oxygen atoms in total. The highest BCUT2D eigenvalue weighted by molar-refractivity contribution is 8.15. The van der Waals surface area contributed by atoms with Crippen molar-refractivity contribution in [3.8, 4) is 22.8 Å². The van der Waals surface area contributed by atoms with E-state index >= 15 is 0 Å². The number of anilines is 2. The number of alkyl halides is 5. The molecule has 1 N–H and O–H groups in total. The molecule has 16 heteroatoms. The summed E-state index contributed by atoms with van der Waals surface area (Å²) in [5.41, 5.74) is 3.67. The normalized spacial score (nSPS) is 14.8. The predicted octanol–water partition coefficient (Wildman–Crippen LogP) is 6.94. The van der Waals surface area contributed by atoms with Crippen molar-refractivity contribution in [1.82, 2.24) is 19.3 Å². The van der Waals surface area contributed by atoms with E-state index in [4.69, 9.17) is 0 Å². The van der Waals surface area contributed by atoms with Gasteiger partial charge in [0.2, 0.25) is 5.91 Å². The van der Waals surface area contributed by atoms with Crippen LogP contribution in [0.15, 0.2) is 84.2 Å². The third-order valence-electron chi connectivity index (χ3n) is 6.98. The number of hydrogen-bond donors (Lipinski definition) is 1. The van der Waals surface area contributed by atoms with Gasteiger partial charge in [0.05, 0.1) is 17.1 Å². The van der Waals surface area contributed by atoms with E-state index in [1.807, 2.05) is 36.0 Å². The molecule has 1 aliphatic rings. The Morgan fingerprint density at radius 1 is 1.00 bits per heavy atom. The van der Waals surface area contributed by atoms with E-state index < -0.39 is 24.1 Å². The second kappa shape index (κ2) is 11.6. The second-order valence-electron chi connectivity index (χ2n) is 10.2. The SMILES string of the molecule is Cc1cc(-c2ncn(-c3ccc(OC(F)(F)C(F)(F)F)cc3)n2)ccc1NC(=O)/N=C1\SCC(=O)N1c1ccc2c(ccn2C)c1. The van der Waals surface area contributed by atoms with E-state index in [1.165, 1.54) is 39.8 Å². The number of urea groups is 1. The van der Waals surface area contributed by atoms with Crippen LogP contribution in [0.2, 0.25) is 0 Å². The molecule has 3 amide bonds. The highest BCUT2D eigenvalue weighted by atomic mass is 32.2. The molecule has 2 aromatic heterocycles. The number of fused-ring (bicyclic) bond motifs is 1. The van der Waals surface area contributed by atoms with Gasteiger partial charge in [-0.05, 0) is 79.2 Å². The minimum absolute atomic E-state index is 0.151. The fourth-order valence-corrected chi connectivity index (χ4v) is 5.54. The fraction of sp³-hybridized carbons (Fsp3) is 0.167. The molecule has 6 rings (SSSR count). The van der Waals surface area contributed by atoms with Gasteiger partial charge in [0, 0.05) is 35.4 Å². The van der Waals surface area contributed by atoms with E-state index in [2.05, 4.69) is 25.1 Å². The van der Waals surface area contributed by atoms with Crippen molar-refractivity contribution in [2.45, 2.75) is 19.2 Å². The number of ether oxygens (including phenoxy) is 1. The zero-order valence-corrected chi connectivity index (χ0v) is 24.7. The number of nitrogens with zero attached hydrogens (tertiary/aromatic N) is 6. The summed E-state index contributed by atoms with van der Waals surface area (Å²) in [6.45, 7) is 1.76. The fourth-order valence-electron chi connectivity index (χ4n) is 4.67. The number of carbonyl (C=O) groups is 2. The summed E-state index contributed by atoms with van der Waals surface area (Å²) >= 11 is 1.17. The van der Waals surface area contributed by atoms with Crippen LogP contribution in [0.5, 0.6) is 5.75 Å². The molecule has 0 spiro atoms. The quantitative estimate of drug-likeness (QED) is 0.199.